The van der Waals surface area contributed by atoms with Gasteiger partial charge in [-0.3, -0.25) is 4.68 Å². The summed E-state index contributed by atoms with van der Waals surface area (Å²) in [7, 11) is 3.89. The molecule has 0 unspecified atom stereocenters. The van der Waals surface area contributed by atoms with E-state index >= 15 is 0 Å². The molecular weight excluding hydrogens is 166 g/mol. The second kappa shape index (κ2) is 3.79. The van der Waals surface area contributed by atoms with Crippen molar-refractivity contribution < 1.29 is 5.11 Å². The van der Waals surface area contributed by atoms with E-state index in [2.05, 4.69) is 16.9 Å². The first kappa shape index (κ1) is 10.1. The molecule has 0 amide bonds. The summed E-state index contributed by atoms with van der Waals surface area (Å²) < 4.78 is 1.81. The first-order chi connectivity index (χ1) is 6.11. The van der Waals surface area contributed by atoms with Gasteiger partial charge >= 0.3 is 0 Å². The third-order valence-corrected chi connectivity index (χ3v) is 2.31. The molecule has 0 aliphatic carbocycles. The number of rotatable bonds is 3. The summed E-state index contributed by atoms with van der Waals surface area (Å²) in [6, 6.07) is 0. The van der Waals surface area contributed by atoms with Gasteiger partial charge in [-0.05, 0) is 13.8 Å². The smallest absolute Gasteiger partial charge is 0.132 e. The summed E-state index contributed by atoms with van der Waals surface area (Å²) in [5, 5.41) is 13.4. The molecule has 74 valence electrons. The van der Waals surface area contributed by atoms with Crippen molar-refractivity contribution in [3.63, 3.8) is 0 Å². The maximum Gasteiger partial charge on any atom is 0.132 e. The van der Waals surface area contributed by atoms with Crippen molar-refractivity contribution in [3.8, 4) is 0 Å². The molecule has 4 heteroatoms. The van der Waals surface area contributed by atoms with Crippen LogP contribution in [0.5, 0.6) is 0 Å². The van der Waals surface area contributed by atoms with Crippen LogP contribution in [0.1, 0.15) is 18.2 Å². The minimum atomic E-state index is 0.0549. The van der Waals surface area contributed by atoms with Gasteiger partial charge in [0.15, 0.2) is 0 Å². The Morgan fingerprint density at radius 2 is 2.15 bits per heavy atom. The highest BCUT2D eigenvalue weighted by Crippen LogP contribution is 2.21. The molecule has 1 aromatic heterocycles. The van der Waals surface area contributed by atoms with E-state index in [-0.39, 0.29) is 6.61 Å². The first-order valence-corrected chi connectivity index (χ1v) is 4.46. The molecular formula is C9H17N3O. The van der Waals surface area contributed by atoms with Gasteiger partial charge in [-0.15, -0.1) is 0 Å². The summed E-state index contributed by atoms with van der Waals surface area (Å²) in [5.41, 5.74) is 1.83. The highest BCUT2D eigenvalue weighted by Gasteiger charge is 2.14. The molecule has 0 radical (unpaired) electrons. The van der Waals surface area contributed by atoms with Crippen LogP contribution in [0, 0.1) is 6.92 Å². The molecule has 0 atom stereocenters. The fourth-order valence-electron chi connectivity index (χ4n) is 1.50. The van der Waals surface area contributed by atoms with Gasteiger partial charge in [0.05, 0.1) is 12.3 Å². The molecule has 0 saturated carbocycles. The average Bonchev–Trinajstić information content (AvgIpc) is 2.39. The van der Waals surface area contributed by atoms with Gasteiger partial charge in [-0.1, -0.05) is 0 Å². The number of anilines is 1. The number of nitrogens with zero attached hydrogens (tertiary/aromatic N) is 3. The summed E-state index contributed by atoms with van der Waals surface area (Å²) in [6.07, 6.45) is 0. The Morgan fingerprint density at radius 1 is 1.54 bits per heavy atom. The lowest BCUT2D eigenvalue weighted by atomic mass is 10.2. The zero-order valence-electron chi connectivity index (χ0n) is 8.70. The van der Waals surface area contributed by atoms with Crippen molar-refractivity contribution >= 4 is 5.82 Å². The Kier molecular flexibility index (Phi) is 2.93. The van der Waals surface area contributed by atoms with Crippen LogP contribution in [0.3, 0.4) is 0 Å². The summed E-state index contributed by atoms with van der Waals surface area (Å²) >= 11 is 0. The molecule has 0 bridgehead atoms. The molecule has 0 aliphatic rings. The van der Waals surface area contributed by atoms with Crippen LogP contribution < -0.4 is 4.90 Å². The summed E-state index contributed by atoms with van der Waals surface area (Å²) in [5.74, 6) is 1.00. The predicted octanol–water partition coefficient (Wildman–Crippen LogP) is 0.677. The third kappa shape index (κ3) is 1.67. The lowest BCUT2D eigenvalue weighted by Gasteiger charge is -2.18. The van der Waals surface area contributed by atoms with Crippen LogP contribution >= 0.6 is 0 Å². The lowest BCUT2D eigenvalue weighted by molar-refractivity contribution is 0.281. The molecule has 13 heavy (non-hydrogen) atoms. The van der Waals surface area contributed by atoms with Crippen LogP contribution in [0.25, 0.3) is 0 Å². The fraction of sp³-hybridized carbons (Fsp3) is 0.667. The van der Waals surface area contributed by atoms with Crippen LogP contribution in [0.15, 0.2) is 0 Å². The number of aliphatic hydroxyl groups excluding tert-OH is 1. The van der Waals surface area contributed by atoms with E-state index in [0.29, 0.717) is 0 Å². The van der Waals surface area contributed by atoms with Crippen molar-refractivity contribution in [1.29, 1.82) is 0 Å². The molecule has 1 N–H and O–H groups in total. The maximum absolute atomic E-state index is 9.18. The number of hydrogen-bond donors (Lipinski definition) is 1. The van der Waals surface area contributed by atoms with Gasteiger partial charge in [-0.25, -0.2) is 0 Å². The summed E-state index contributed by atoms with van der Waals surface area (Å²) in [6.45, 7) is 4.95. The van der Waals surface area contributed by atoms with E-state index in [0.717, 1.165) is 23.6 Å². The van der Waals surface area contributed by atoms with Crippen molar-refractivity contribution in [1.82, 2.24) is 9.78 Å². The zero-order valence-corrected chi connectivity index (χ0v) is 8.70. The van der Waals surface area contributed by atoms with Gasteiger partial charge in [0, 0.05) is 26.2 Å². The second-order valence-electron chi connectivity index (χ2n) is 3.18. The normalized spacial score (nSPS) is 10.5. The minimum Gasteiger partial charge on any atom is -0.391 e. The molecule has 0 saturated heterocycles. The largest absolute Gasteiger partial charge is 0.391 e. The maximum atomic E-state index is 9.18. The molecule has 0 spiro atoms. The Bertz CT molecular complexity index is 293. The SMILES string of the molecule is CCN(C)c1c(CO)c(C)nn1C. The van der Waals surface area contributed by atoms with Gasteiger partial charge in [0.1, 0.15) is 5.82 Å². The summed E-state index contributed by atoms with van der Waals surface area (Å²) in [4.78, 5) is 2.07. The highest BCUT2D eigenvalue weighted by molar-refractivity contribution is 5.48. The highest BCUT2D eigenvalue weighted by atomic mass is 16.3. The van der Waals surface area contributed by atoms with Gasteiger partial charge in [0.25, 0.3) is 0 Å². The Hall–Kier alpha value is -1.03. The molecule has 0 aliphatic heterocycles. The molecule has 0 fully saturated rings. The third-order valence-electron chi connectivity index (χ3n) is 2.31. The second-order valence-corrected chi connectivity index (χ2v) is 3.18. The van der Waals surface area contributed by atoms with Gasteiger partial charge in [0.2, 0.25) is 0 Å². The van der Waals surface area contributed by atoms with E-state index in [1.54, 1.807) is 0 Å². The Morgan fingerprint density at radius 3 is 2.62 bits per heavy atom. The zero-order chi connectivity index (χ0) is 10.0. The fourth-order valence-corrected chi connectivity index (χ4v) is 1.50. The van der Waals surface area contributed by atoms with Crippen molar-refractivity contribution in [2.24, 2.45) is 7.05 Å². The molecule has 0 aromatic carbocycles. The van der Waals surface area contributed by atoms with Crippen molar-refractivity contribution in [2.45, 2.75) is 20.5 Å². The number of hydrogen-bond acceptors (Lipinski definition) is 3. The first-order valence-electron chi connectivity index (χ1n) is 4.46. The predicted molar refractivity (Wildman–Crippen MR) is 52.8 cm³/mol. The minimum absolute atomic E-state index is 0.0549. The Labute approximate surface area is 78.8 Å². The van der Waals surface area contributed by atoms with E-state index in [1.165, 1.54) is 0 Å². The average molecular weight is 183 g/mol. The van der Waals surface area contributed by atoms with Crippen LogP contribution in [0.2, 0.25) is 0 Å². The molecule has 1 heterocycles. The monoisotopic (exact) mass is 183 g/mol. The van der Waals surface area contributed by atoms with Crippen LogP contribution in [0.4, 0.5) is 5.82 Å². The molecule has 1 aromatic rings. The standard InChI is InChI=1S/C9H17N3O/c1-5-11(3)9-8(6-13)7(2)10-12(9)4/h13H,5-6H2,1-4H3. The quantitative estimate of drug-likeness (QED) is 0.749. The van der Waals surface area contributed by atoms with Gasteiger partial charge < -0.3 is 10.0 Å². The van der Waals surface area contributed by atoms with Crippen molar-refractivity contribution in [3.05, 3.63) is 11.3 Å². The van der Waals surface area contributed by atoms with Crippen molar-refractivity contribution in [2.75, 3.05) is 18.5 Å². The van der Waals surface area contributed by atoms with Crippen LogP contribution in [-0.2, 0) is 13.7 Å². The van der Waals surface area contributed by atoms with E-state index in [1.807, 2.05) is 25.7 Å². The molecule has 1 rings (SSSR count). The van der Waals surface area contributed by atoms with E-state index in [4.69, 9.17) is 0 Å². The lowest BCUT2D eigenvalue weighted by Crippen LogP contribution is -2.20. The van der Waals surface area contributed by atoms with Gasteiger partial charge in [-0.2, -0.15) is 5.10 Å². The topological polar surface area (TPSA) is 41.3 Å². The number of aromatic nitrogens is 2. The molecule has 4 nitrogen and oxygen atoms in total. The number of aryl methyl sites for hydroxylation is 2. The van der Waals surface area contributed by atoms with Crippen LogP contribution in [-0.4, -0.2) is 28.5 Å². The number of aliphatic hydroxyl groups is 1. The Balaban J connectivity index is 3.16. The van der Waals surface area contributed by atoms with E-state index in [9.17, 15) is 5.11 Å². The van der Waals surface area contributed by atoms with E-state index < -0.39 is 0 Å².